The highest BCUT2D eigenvalue weighted by molar-refractivity contribution is 7.18. The van der Waals surface area contributed by atoms with Crippen LogP contribution in [0.15, 0.2) is 172 Å². The van der Waals surface area contributed by atoms with E-state index in [1.807, 2.05) is 18.2 Å². The van der Waals surface area contributed by atoms with Crippen molar-refractivity contribution in [2.24, 2.45) is 68.6 Å². The van der Waals surface area contributed by atoms with Gasteiger partial charge >= 0.3 is 5.97 Å². The van der Waals surface area contributed by atoms with E-state index in [0.29, 0.717) is 43.4 Å². The number of hydrogen-bond donors (Lipinski definition) is 16. The molecule has 0 radical (unpaired) electrons. The number of aliphatic carboxylic acids is 1. The third kappa shape index (κ3) is 26.3. The number of carbonyl (C=O) groups is 1. The SMILES string of the molecule is CC(C)[C@H](N=C(O)[C@H](CCC(=N)O)N=C(O)[C@H](C)N=C(O)CN=C(O)CCCCCCCCCCN1C=CC(=Cc2sc3ccccc3[n+]2C)c2ccccc21)C(O)=N[C@@H](Cc1c[nH]c2ccccc12)C(O)=NCC(O)=N[C@@H](Cc1ccccc1)C(O)=N[C@@H](CO)C(O)=N[C@@H](C)C(O)=N[C@@H](CCCCN)C(=O)O. The van der Waals surface area contributed by atoms with E-state index in [1.54, 1.807) is 67.8 Å². The van der Waals surface area contributed by atoms with Crippen molar-refractivity contribution in [2.45, 2.75) is 179 Å². The second kappa shape index (κ2) is 43.1. The lowest BCUT2D eigenvalue weighted by molar-refractivity contribution is -0.642. The Kier molecular flexibility index (Phi) is 33.7. The molecular weight excluding hydrogens is 1400 g/mol. The Labute approximate surface area is 632 Å². The Morgan fingerprint density at radius 1 is 0.565 bits per heavy atom. The number of aryl methyl sites for hydroxylation is 1. The summed E-state index contributed by atoms with van der Waals surface area (Å²) in [6, 6.07) is 21.7. The molecule has 0 saturated heterocycles. The zero-order chi connectivity index (χ0) is 78.2. The Bertz CT molecular complexity index is 4330. The number of hydrogen-bond acceptors (Lipinski definition) is 16. The molecular formula is C78H104N15O14S+. The molecule has 0 amide bonds. The molecule has 0 saturated carbocycles. The van der Waals surface area contributed by atoms with Crippen molar-refractivity contribution in [2.75, 3.05) is 37.7 Å². The first-order valence-electron chi connectivity index (χ1n) is 36.4. The molecule has 0 fully saturated rings. The third-order valence-corrected chi connectivity index (χ3v) is 19.1. The molecule has 3 heterocycles. The minimum atomic E-state index is -1.64. The van der Waals surface area contributed by atoms with Crippen molar-refractivity contribution >= 4 is 121 Å². The van der Waals surface area contributed by atoms with Crippen LogP contribution in [0.25, 0.3) is 32.8 Å². The largest absolute Gasteiger partial charge is 0.497 e. The number of aromatic amines is 1. The van der Waals surface area contributed by atoms with Crippen LogP contribution in [-0.4, -0.2) is 223 Å². The number of carboxylic acid groups (broad SMARTS) is 1. The van der Waals surface area contributed by atoms with Gasteiger partial charge in [-0.25, -0.2) is 54.7 Å². The molecule has 30 heteroatoms. The van der Waals surface area contributed by atoms with Gasteiger partial charge in [-0.3, -0.25) is 5.41 Å². The lowest BCUT2D eigenvalue weighted by Gasteiger charge is -2.27. The van der Waals surface area contributed by atoms with Crippen LogP contribution in [0.5, 0.6) is 0 Å². The molecule has 1 aliphatic heterocycles. The molecule has 17 N–H and O–H groups in total. The first-order chi connectivity index (χ1) is 51.8. The van der Waals surface area contributed by atoms with E-state index in [-0.39, 0.29) is 38.0 Å². The fourth-order valence-corrected chi connectivity index (χ4v) is 13.0. The monoisotopic (exact) mass is 1510 g/mol. The predicted octanol–water partition coefficient (Wildman–Crippen LogP) is 12.8. The number of aliphatic imine (C=N–C) groups is 10. The topological polar surface area (TPSA) is 476 Å². The van der Waals surface area contributed by atoms with Gasteiger partial charge in [-0.2, -0.15) is 4.57 Å². The first-order valence-corrected chi connectivity index (χ1v) is 37.2. The Morgan fingerprint density at radius 3 is 1.85 bits per heavy atom. The average molecular weight is 1510 g/mol. The molecule has 8 atom stereocenters. The van der Waals surface area contributed by atoms with Crippen LogP contribution in [0.4, 0.5) is 5.69 Å². The second-order valence-corrected chi connectivity index (χ2v) is 27.8. The van der Waals surface area contributed by atoms with Gasteiger partial charge in [0.1, 0.15) is 61.1 Å². The molecule has 108 heavy (non-hydrogen) atoms. The number of fused-ring (bicyclic) bond motifs is 3. The van der Waals surface area contributed by atoms with Gasteiger partial charge in [0.05, 0.1) is 6.61 Å². The van der Waals surface area contributed by atoms with Crippen molar-refractivity contribution in [3.8, 4) is 0 Å². The summed E-state index contributed by atoms with van der Waals surface area (Å²) in [4.78, 5) is 58.7. The van der Waals surface area contributed by atoms with Gasteiger partial charge < -0.3 is 82.0 Å². The first kappa shape index (κ1) is 84.4. The maximum atomic E-state index is 11.9. The number of allylic oxidation sites excluding steroid dienone is 2. The highest BCUT2D eigenvalue weighted by Gasteiger charge is 2.30. The van der Waals surface area contributed by atoms with Crippen LogP contribution < -0.4 is 15.2 Å². The zero-order valence-electron chi connectivity index (χ0n) is 61.7. The molecule has 29 nitrogen and oxygen atoms in total. The molecule has 0 spiro atoms. The van der Waals surface area contributed by atoms with Crippen LogP contribution in [-0.2, 0) is 24.7 Å². The summed E-state index contributed by atoms with van der Waals surface area (Å²) in [5, 5.41) is 152. The molecule has 2 aromatic heterocycles. The van der Waals surface area contributed by atoms with Crippen LogP contribution in [0, 0.1) is 11.3 Å². The maximum absolute atomic E-state index is 11.9. The number of aliphatic hydroxyl groups is 12. The van der Waals surface area contributed by atoms with Gasteiger partial charge in [-0.05, 0) is 106 Å². The van der Waals surface area contributed by atoms with Crippen molar-refractivity contribution in [3.63, 3.8) is 0 Å². The van der Waals surface area contributed by atoms with Gasteiger partial charge in [-0.1, -0.05) is 143 Å². The molecule has 1 aliphatic rings. The van der Waals surface area contributed by atoms with Gasteiger partial charge in [0, 0.05) is 78.9 Å². The Balaban J connectivity index is 0.962. The minimum absolute atomic E-state index is 0.0735. The Hall–Kier alpha value is -10.8. The highest BCUT2D eigenvalue weighted by atomic mass is 32.1. The molecule has 0 unspecified atom stereocenters. The molecule has 4 aromatic carbocycles. The van der Waals surface area contributed by atoms with E-state index < -0.39 is 139 Å². The second-order valence-electron chi connectivity index (χ2n) is 26.8. The van der Waals surface area contributed by atoms with Crippen LogP contribution in [0.1, 0.15) is 139 Å². The number of carboxylic acids is 1. The van der Waals surface area contributed by atoms with Crippen molar-refractivity contribution in [1.82, 2.24) is 4.98 Å². The molecule has 0 bridgehead atoms. The summed E-state index contributed by atoms with van der Waals surface area (Å²) in [6.07, 6.45) is 16.9. The molecule has 6 aromatic rings. The van der Waals surface area contributed by atoms with Crippen LogP contribution in [0.3, 0.4) is 0 Å². The van der Waals surface area contributed by atoms with E-state index in [1.165, 1.54) is 45.9 Å². The Morgan fingerprint density at radius 2 is 1.16 bits per heavy atom. The van der Waals surface area contributed by atoms with E-state index in [4.69, 9.17) is 11.1 Å². The summed E-state index contributed by atoms with van der Waals surface area (Å²) in [6.45, 7) is 5.20. The van der Waals surface area contributed by atoms with Crippen LogP contribution in [0.2, 0.25) is 0 Å². The number of aromatic nitrogens is 2. The smallest absolute Gasteiger partial charge is 0.328 e. The van der Waals surface area contributed by atoms with E-state index in [9.17, 15) is 71.2 Å². The van der Waals surface area contributed by atoms with Gasteiger partial charge in [-0.15, -0.1) is 0 Å². The van der Waals surface area contributed by atoms with E-state index in [2.05, 4.69) is 138 Å². The summed E-state index contributed by atoms with van der Waals surface area (Å²) in [5.74, 6) is -9.42. The number of nitrogens with two attached hydrogens (primary N) is 1. The number of aliphatic hydroxyl groups excluding tert-OH is 12. The van der Waals surface area contributed by atoms with Crippen molar-refractivity contribution < 1.29 is 75.7 Å². The molecule has 580 valence electrons. The predicted molar refractivity (Wildman–Crippen MR) is 432 cm³/mol. The summed E-state index contributed by atoms with van der Waals surface area (Å²) in [7, 11) is 2.11. The van der Waals surface area contributed by atoms with Gasteiger partial charge in [0.2, 0.25) is 58.6 Å². The fourth-order valence-electron chi connectivity index (χ4n) is 11.9. The maximum Gasteiger partial charge on any atom is 0.328 e. The normalized spacial score (nSPS) is 16.8. The number of anilines is 1. The number of thiazole rings is 1. The standard InChI is InChI=1S/C78H103N15O14S/c1-48(2)70(77(105)89-60(42-53-44-81-56-29-18-16-27-54(53)56)73(101)83-46-68(98)86-59(41-51-25-13-12-14-26-51)75(103)90-61(47-94)76(104)85-50(4)72(100)88-58(78(106)107)30-22-23-38-79)91-74(102)57(35-36-65(80)95)87-71(99)49(3)84-67(97)45-82-66(96)34-15-10-8-6-7-9-11-24-39-93-40-37-52(55-28-17-19-31-62(55)93)43-69-92(5)63-32-20-21-33-64(63)108-69/h12-14,16-21,25-29,31-33,37,40,43-44,48-50,57-61,70,81,94H,6-11,15,22-24,30,34-36,38-39,41-42,45-47,79H2,1-5H3,(H12-,80,82,83,84,85,86,87,88,89,90,91,95,96,97,98,99,100,101,102,103,104,105,106,107)/p+1/t49-,50-,57-,58-,59-,60-,61-,70-/m0/s1. The number of H-pyrrole nitrogens is 1. The molecule has 7 rings (SSSR count). The summed E-state index contributed by atoms with van der Waals surface area (Å²) >= 11 is 1.79. The van der Waals surface area contributed by atoms with Gasteiger partial charge in [0.15, 0.2) is 23.9 Å². The van der Waals surface area contributed by atoms with E-state index in [0.717, 1.165) is 62.4 Å². The zero-order valence-corrected chi connectivity index (χ0v) is 62.6. The lowest BCUT2D eigenvalue weighted by Crippen LogP contribution is -2.33. The number of benzene rings is 4. The number of nitrogens with zero attached hydrogens (tertiary/aromatic N) is 12. The van der Waals surface area contributed by atoms with Crippen LogP contribution >= 0.6 is 11.3 Å². The van der Waals surface area contributed by atoms with Crippen molar-refractivity contribution in [3.05, 3.63) is 143 Å². The number of para-hydroxylation sites is 3. The average Bonchev–Trinajstić information content (AvgIpc) is 1.68. The quantitative estimate of drug-likeness (QED) is 0.00731. The minimum Gasteiger partial charge on any atom is -0.497 e. The molecule has 0 aliphatic carbocycles. The van der Waals surface area contributed by atoms with E-state index >= 15 is 0 Å². The van der Waals surface area contributed by atoms with Gasteiger partial charge in [0.25, 0.3) is 5.01 Å². The third-order valence-electron chi connectivity index (χ3n) is 18.0. The highest BCUT2D eigenvalue weighted by Crippen LogP contribution is 2.35. The fraction of sp³-hybridized carbons (Fsp3) is 0.449. The van der Waals surface area contributed by atoms with Crippen molar-refractivity contribution in [1.29, 1.82) is 5.41 Å². The number of nitrogens with one attached hydrogen (secondary N) is 2. The number of rotatable bonds is 45. The summed E-state index contributed by atoms with van der Waals surface area (Å²) in [5.41, 5.74) is 12.3. The number of unbranched alkanes of at least 4 members (excludes halogenated alkanes) is 8. The lowest BCUT2D eigenvalue weighted by atomic mass is 9.99. The summed E-state index contributed by atoms with van der Waals surface area (Å²) < 4.78 is 3.50.